The number of hydrogen-bond donors (Lipinski definition) is 1. The zero-order valence-electron chi connectivity index (χ0n) is 19.9. The van der Waals surface area contributed by atoms with Gasteiger partial charge in [0.15, 0.2) is 5.15 Å². The number of carbonyl (C=O) groups is 1. The molecule has 1 fully saturated rings. The largest absolute Gasteiger partial charge is 0.388 e. The molecular formula is C24H23ClF3N7O3. The van der Waals surface area contributed by atoms with E-state index in [9.17, 15) is 27.9 Å². The molecule has 0 aliphatic carbocycles. The number of aromatic nitrogens is 6. The molecule has 0 unspecified atom stereocenters. The van der Waals surface area contributed by atoms with Crippen molar-refractivity contribution >= 4 is 23.2 Å². The van der Waals surface area contributed by atoms with E-state index < -0.39 is 41.8 Å². The molecule has 3 aromatic heterocycles. The number of amides is 1. The van der Waals surface area contributed by atoms with Crippen LogP contribution in [0.4, 0.5) is 13.2 Å². The summed E-state index contributed by atoms with van der Waals surface area (Å²) in [4.78, 5) is 31.4. The van der Waals surface area contributed by atoms with Gasteiger partial charge in [0.2, 0.25) is 11.6 Å². The van der Waals surface area contributed by atoms with Gasteiger partial charge in [0.1, 0.15) is 18.2 Å². The Labute approximate surface area is 218 Å². The molecule has 0 bridgehead atoms. The van der Waals surface area contributed by atoms with Crippen LogP contribution in [0.15, 0.2) is 53.8 Å². The summed E-state index contributed by atoms with van der Waals surface area (Å²) in [5.41, 5.74) is -0.610. The number of rotatable bonds is 7. The third-order valence-electron chi connectivity index (χ3n) is 6.74. The predicted octanol–water partition coefficient (Wildman–Crippen LogP) is 2.80. The molecule has 0 saturated carbocycles. The van der Waals surface area contributed by atoms with Crippen molar-refractivity contribution in [1.29, 1.82) is 0 Å². The fourth-order valence-corrected chi connectivity index (χ4v) is 4.73. The predicted molar refractivity (Wildman–Crippen MR) is 130 cm³/mol. The lowest BCUT2D eigenvalue weighted by Crippen LogP contribution is -2.50. The lowest BCUT2D eigenvalue weighted by Gasteiger charge is -2.38. The minimum atomic E-state index is -2.82. The van der Waals surface area contributed by atoms with Crippen molar-refractivity contribution in [1.82, 2.24) is 33.8 Å². The topological polar surface area (TPSA) is 111 Å². The minimum absolute atomic E-state index is 0.0415. The third-order valence-corrected chi connectivity index (χ3v) is 6.94. The lowest BCUT2D eigenvalue weighted by molar-refractivity contribution is -0.138. The van der Waals surface area contributed by atoms with Gasteiger partial charge in [0.25, 0.3) is 12.0 Å². The first-order chi connectivity index (χ1) is 18.1. The number of hydrogen-bond acceptors (Lipinski definition) is 6. The van der Waals surface area contributed by atoms with Crippen molar-refractivity contribution in [3.63, 3.8) is 0 Å². The van der Waals surface area contributed by atoms with Crippen LogP contribution < -0.4 is 5.56 Å². The Morgan fingerprint density at radius 1 is 1.16 bits per heavy atom. The molecule has 0 radical (unpaired) electrons. The lowest BCUT2D eigenvalue weighted by atomic mass is 9.91. The van der Waals surface area contributed by atoms with Crippen LogP contribution >= 0.6 is 11.6 Å². The molecule has 10 nitrogen and oxygen atoms in total. The summed E-state index contributed by atoms with van der Waals surface area (Å²) in [5.74, 6) is -0.884. The molecule has 38 heavy (non-hydrogen) atoms. The van der Waals surface area contributed by atoms with Gasteiger partial charge < -0.3 is 10.0 Å². The standard InChI is InChI=1S/C24H23ClF3N7O3/c25-19-5-8-34(31-19)17(21(27)28)11-20(36)32-9-6-24(38,7-10-32)13-33-14-30-35-18(12-29-22(35)23(33)37)15-1-3-16(26)4-2-15/h1-5,8,12,14,17,21,38H,6-7,9-11,13H2/t17-/m0/s1. The third kappa shape index (κ3) is 5.16. The number of benzene rings is 1. The first kappa shape index (κ1) is 25.9. The van der Waals surface area contributed by atoms with E-state index >= 15 is 0 Å². The second-order valence-electron chi connectivity index (χ2n) is 9.28. The van der Waals surface area contributed by atoms with Crippen molar-refractivity contribution in [2.75, 3.05) is 13.1 Å². The van der Waals surface area contributed by atoms with E-state index in [0.29, 0.717) is 11.3 Å². The highest BCUT2D eigenvalue weighted by Crippen LogP contribution is 2.27. The molecule has 1 aromatic carbocycles. The van der Waals surface area contributed by atoms with Gasteiger partial charge in [-0.3, -0.25) is 18.8 Å². The average molecular weight is 550 g/mol. The van der Waals surface area contributed by atoms with Crippen molar-refractivity contribution < 1.29 is 23.1 Å². The van der Waals surface area contributed by atoms with Crippen LogP contribution in [0, 0.1) is 5.82 Å². The molecule has 4 heterocycles. The molecule has 4 aromatic rings. The summed E-state index contributed by atoms with van der Waals surface area (Å²) in [5, 5.41) is 19.3. The number of piperidine rings is 1. The highest BCUT2D eigenvalue weighted by atomic mass is 35.5. The summed E-state index contributed by atoms with van der Waals surface area (Å²) in [6.07, 6.45) is 1.04. The van der Waals surface area contributed by atoms with E-state index in [1.165, 1.54) is 50.9 Å². The highest BCUT2D eigenvalue weighted by molar-refractivity contribution is 6.29. The number of alkyl halides is 2. The summed E-state index contributed by atoms with van der Waals surface area (Å²) >= 11 is 5.72. The van der Waals surface area contributed by atoms with Crippen molar-refractivity contribution in [3.05, 3.63) is 70.4 Å². The molecule has 1 amide bonds. The molecule has 1 saturated heterocycles. The second-order valence-corrected chi connectivity index (χ2v) is 9.67. The van der Waals surface area contributed by atoms with E-state index in [4.69, 9.17) is 11.6 Å². The van der Waals surface area contributed by atoms with Crippen LogP contribution in [0.3, 0.4) is 0 Å². The SMILES string of the molecule is O=C(C[C@@H](C(F)F)n1ccc(Cl)n1)N1CCC(O)(Cn2cnn3c(-c4ccc(F)cc4)cnc3c2=O)CC1. The van der Waals surface area contributed by atoms with Gasteiger partial charge in [0, 0.05) is 24.8 Å². The van der Waals surface area contributed by atoms with Gasteiger partial charge in [-0.1, -0.05) is 11.6 Å². The average Bonchev–Trinajstić information content (AvgIpc) is 3.51. The molecule has 14 heteroatoms. The van der Waals surface area contributed by atoms with Gasteiger partial charge in [0.05, 0.1) is 30.5 Å². The van der Waals surface area contributed by atoms with Gasteiger partial charge in [-0.15, -0.1) is 0 Å². The van der Waals surface area contributed by atoms with Crippen LogP contribution in [0.2, 0.25) is 5.15 Å². The highest BCUT2D eigenvalue weighted by Gasteiger charge is 2.36. The number of halogens is 4. The molecular weight excluding hydrogens is 527 g/mol. The van der Waals surface area contributed by atoms with E-state index in [2.05, 4.69) is 15.2 Å². The first-order valence-corrected chi connectivity index (χ1v) is 12.2. The zero-order valence-corrected chi connectivity index (χ0v) is 20.7. The number of fused-ring (bicyclic) bond motifs is 1. The number of aliphatic hydroxyl groups is 1. The normalized spacial score (nSPS) is 16.3. The van der Waals surface area contributed by atoms with Crippen LogP contribution in [-0.4, -0.2) is 70.0 Å². The van der Waals surface area contributed by atoms with E-state index in [1.54, 1.807) is 12.1 Å². The molecule has 200 valence electrons. The van der Waals surface area contributed by atoms with Gasteiger partial charge in [-0.05, 0) is 43.2 Å². The van der Waals surface area contributed by atoms with Crippen LogP contribution in [-0.2, 0) is 11.3 Å². The summed E-state index contributed by atoms with van der Waals surface area (Å²) in [7, 11) is 0. The maximum absolute atomic E-state index is 13.6. The van der Waals surface area contributed by atoms with Crippen molar-refractivity contribution in [2.24, 2.45) is 0 Å². The Hall–Kier alpha value is -3.71. The number of imidazole rings is 1. The monoisotopic (exact) mass is 549 g/mol. The zero-order chi connectivity index (χ0) is 27.0. The minimum Gasteiger partial charge on any atom is -0.388 e. The first-order valence-electron chi connectivity index (χ1n) is 11.8. The number of likely N-dealkylation sites (tertiary alicyclic amines) is 1. The van der Waals surface area contributed by atoms with Gasteiger partial charge in [-0.2, -0.15) is 10.2 Å². The Morgan fingerprint density at radius 3 is 2.50 bits per heavy atom. The Kier molecular flexibility index (Phi) is 6.97. The maximum atomic E-state index is 13.6. The Morgan fingerprint density at radius 2 is 1.87 bits per heavy atom. The quantitative estimate of drug-likeness (QED) is 0.380. The Balaban J connectivity index is 1.25. The van der Waals surface area contributed by atoms with Crippen LogP contribution in [0.25, 0.3) is 16.9 Å². The fourth-order valence-electron chi connectivity index (χ4n) is 4.59. The van der Waals surface area contributed by atoms with Crippen molar-refractivity contribution in [2.45, 2.75) is 43.9 Å². The molecule has 1 N–H and O–H groups in total. The number of carbonyl (C=O) groups excluding carboxylic acids is 1. The molecule has 0 spiro atoms. The van der Waals surface area contributed by atoms with E-state index in [1.807, 2.05) is 0 Å². The van der Waals surface area contributed by atoms with Gasteiger partial charge >= 0.3 is 0 Å². The molecule has 5 rings (SSSR count). The van der Waals surface area contributed by atoms with Crippen LogP contribution in [0.5, 0.6) is 0 Å². The Bertz CT molecular complexity index is 1510. The van der Waals surface area contributed by atoms with Crippen LogP contribution in [0.1, 0.15) is 25.3 Å². The van der Waals surface area contributed by atoms with E-state index in [0.717, 1.165) is 4.68 Å². The molecule has 1 atom stereocenters. The number of nitrogens with zero attached hydrogens (tertiary/aromatic N) is 7. The second kappa shape index (κ2) is 10.2. The fraction of sp³-hybridized carbons (Fsp3) is 0.375. The van der Waals surface area contributed by atoms with Crippen molar-refractivity contribution in [3.8, 4) is 11.3 Å². The molecule has 1 aliphatic rings. The summed E-state index contributed by atoms with van der Waals surface area (Å²) < 4.78 is 44.0. The maximum Gasteiger partial charge on any atom is 0.296 e. The summed E-state index contributed by atoms with van der Waals surface area (Å²) in [6, 6.07) is 5.60. The van der Waals surface area contributed by atoms with E-state index in [-0.39, 0.29) is 43.3 Å². The van der Waals surface area contributed by atoms with Gasteiger partial charge in [-0.25, -0.2) is 22.7 Å². The summed E-state index contributed by atoms with van der Waals surface area (Å²) in [6.45, 7) is 0.183. The smallest absolute Gasteiger partial charge is 0.296 e. The molecule has 1 aliphatic heterocycles.